The van der Waals surface area contributed by atoms with E-state index in [1.54, 1.807) is 0 Å². The van der Waals surface area contributed by atoms with Crippen LogP contribution in [0.25, 0.3) is 0 Å². The van der Waals surface area contributed by atoms with Gasteiger partial charge in [-0.2, -0.15) is 0 Å². The molecule has 0 spiro atoms. The minimum atomic E-state index is 0.161. The zero-order valence-electron chi connectivity index (χ0n) is 8.05. The number of hydrogen-bond donors (Lipinski definition) is 1. The van der Waals surface area contributed by atoms with Gasteiger partial charge in [-0.1, -0.05) is 12.8 Å². The third-order valence-corrected chi connectivity index (χ3v) is 3.19. The van der Waals surface area contributed by atoms with Crippen molar-refractivity contribution in [3.63, 3.8) is 0 Å². The van der Waals surface area contributed by atoms with Crippen molar-refractivity contribution in [2.45, 2.75) is 37.6 Å². The van der Waals surface area contributed by atoms with Gasteiger partial charge in [-0.25, -0.2) is 0 Å². The lowest BCUT2D eigenvalue weighted by molar-refractivity contribution is 0.165. The van der Waals surface area contributed by atoms with E-state index in [-0.39, 0.29) is 5.54 Å². The molecule has 0 amide bonds. The molecule has 1 aliphatic carbocycles. The molecule has 2 nitrogen and oxygen atoms in total. The highest BCUT2D eigenvalue weighted by Crippen LogP contribution is 2.38. The van der Waals surface area contributed by atoms with Gasteiger partial charge in [0.25, 0.3) is 0 Å². The molecule has 1 unspecified atom stereocenters. The van der Waals surface area contributed by atoms with Gasteiger partial charge in [0.2, 0.25) is 0 Å². The van der Waals surface area contributed by atoms with E-state index in [1.807, 2.05) is 0 Å². The fraction of sp³-hybridized carbons (Fsp3) is 1.00. The molecule has 2 rings (SSSR count). The van der Waals surface area contributed by atoms with Crippen molar-refractivity contribution in [2.75, 3.05) is 20.1 Å². The van der Waals surface area contributed by atoms with Gasteiger partial charge < -0.3 is 10.6 Å². The van der Waals surface area contributed by atoms with E-state index < -0.39 is 0 Å². The lowest BCUT2D eigenvalue weighted by atomic mass is 9.85. The van der Waals surface area contributed by atoms with E-state index in [9.17, 15) is 0 Å². The maximum atomic E-state index is 6.35. The molecular weight excluding hydrogens is 148 g/mol. The molecule has 2 heteroatoms. The van der Waals surface area contributed by atoms with Gasteiger partial charge >= 0.3 is 0 Å². The summed E-state index contributed by atoms with van der Waals surface area (Å²) in [7, 11) is 2.19. The van der Waals surface area contributed by atoms with Crippen LogP contribution in [0, 0.1) is 5.92 Å². The van der Waals surface area contributed by atoms with E-state index in [4.69, 9.17) is 5.73 Å². The van der Waals surface area contributed by atoms with Crippen molar-refractivity contribution in [3.05, 3.63) is 0 Å². The van der Waals surface area contributed by atoms with Gasteiger partial charge in [-0.15, -0.1) is 0 Å². The van der Waals surface area contributed by atoms with Gasteiger partial charge in [-0.05, 0) is 38.8 Å². The zero-order chi connectivity index (χ0) is 8.60. The third kappa shape index (κ3) is 1.99. The third-order valence-electron chi connectivity index (χ3n) is 3.19. The Balaban J connectivity index is 1.88. The number of likely N-dealkylation sites (N-methyl/N-ethyl adjacent to an activating group) is 1. The SMILES string of the molecule is CN1CCCC(N)(CC2CC2)C1. The van der Waals surface area contributed by atoms with E-state index in [1.165, 1.54) is 38.6 Å². The van der Waals surface area contributed by atoms with E-state index in [2.05, 4.69) is 11.9 Å². The van der Waals surface area contributed by atoms with Crippen molar-refractivity contribution in [2.24, 2.45) is 11.7 Å². The largest absolute Gasteiger partial charge is 0.324 e. The van der Waals surface area contributed by atoms with E-state index in [0.29, 0.717) is 0 Å². The van der Waals surface area contributed by atoms with Crippen LogP contribution < -0.4 is 5.73 Å². The standard InChI is InChI=1S/C10H20N2/c1-12-6-2-5-10(11,8-12)7-9-3-4-9/h9H,2-8,11H2,1H3. The first kappa shape index (κ1) is 8.52. The Labute approximate surface area is 75.1 Å². The minimum Gasteiger partial charge on any atom is -0.324 e. The molecule has 2 fully saturated rings. The second-order valence-electron chi connectivity index (χ2n) is 4.85. The number of piperidine rings is 1. The topological polar surface area (TPSA) is 29.3 Å². The molecule has 1 aliphatic heterocycles. The summed E-state index contributed by atoms with van der Waals surface area (Å²) in [4.78, 5) is 2.38. The smallest absolute Gasteiger partial charge is 0.0286 e. The normalized spacial score (nSPS) is 38.5. The average molecular weight is 168 g/mol. The van der Waals surface area contributed by atoms with Crippen LogP contribution >= 0.6 is 0 Å². The number of nitrogens with two attached hydrogens (primary N) is 1. The molecule has 2 N–H and O–H groups in total. The number of nitrogens with zero attached hydrogens (tertiary/aromatic N) is 1. The van der Waals surface area contributed by atoms with Crippen molar-refractivity contribution in [1.82, 2.24) is 4.90 Å². The van der Waals surface area contributed by atoms with Crippen LogP contribution in [0.5, 0.6) is 0 Å². The molecule has 0 radical (unpaired) electrons. The summed E-state index contributed by atoms with van der Waals surface area (Å²) in [5, 5.41) is 0. The summed E-state index contributed by atoms with van der Waals surface area (Å²) < 4.78 is 0. The summed E-state index contributed by atoms with van der Waals surface area (Å²) >= 11 is 0. The Bertz CT molecular complexity index is 161. The van der Waals surface area contributed by atoms with Crippen LogP contribution in [0.3, 0.4) is 0 Å². The molecule has 2 aliphatic rings. The van der Waals surface area contributed by atoms with Crippen LogP contribution in [0.1, 0.15) is 32.1 Å². The molecule has 1 heterocycles. The van der Waals surface area contributed by atoms with Gasteiger partial charge in [-0.3, -0.25) is 0 Å². The molecule has 0 bridgehead atoms. The first-order chi connectivity index (χ1) is 5.68. The highest BCUT2D eigenvalue weighted by atomic mass is 15.1. The molecule has 1 atom stereocenters. The Morgan fingerprint density at radius 1 is 1.50 bits per heavy atom. The van der Waals surface area contributed by atoms with Crippen molar-refractivity contribution in [3.8, 4) is 0 Å². The predicted molar refractivity (Wildman–Crippen MR) is 51.0 cm³/mol. The van der Waals surface area contributed by atoms with Crippen molar-refractivity contribution < 1.29 is 0 Å². The van der Waals surface area contributed by atoms with Crippen molar-refractivity contribution in [1.29, 1.82) is 0 Å². The average Bonchev–Trinajstić information content (AvgIpc) is 2.69. The Morgan fingerprint density at radius 3 is 2.83 bits per heavy atom. The summed E-state index contributed by atoms with van der Waals surface area (Å²) in [5.41, 5.74) is 6.51. The molecule has 1 saturated heterocycles. The molecule has 0 aromatic heterocycles. The fourth-order valence-electron chi connectivity index (χ4n) is 2.46. The number of rotatable bonds is 2. The summed E-state index contributed by atoms with van der Waals surface area (Å²) in [6, 6.07) is 0. The monoisotopic (exact) mass is 168 g/mol. The highest BCUT2D eigenvalue weighted by Gasteiger charge is 2.36. The van der Waals surface area contributed by atoms with Crippen LogP contribution in [0.15, 0.2) is 0 Å². The van der Waals surface area contributed by atoms with Crippen LogP contribution in [-0.4, -0.2) is 30.6 Å². The Kier molecular flexibility index (Phi) is 2.13. The minimum absolute atomic E-state index is 0.161. The van der Waals surface area contributed by atoms with Gasteiger partial charge in [0, 0.05) is 12.1 Å². The summed E-state index contributed by atoms with van der Waals surface area (Å²) in [6.45, 7) is 2.35. The Morgan fingerprint density at radius 2 is 2.25 bits per heavy atom. The lowest BCUT2D eigenvalue weighted by Gasteiger charge is -2.38. The second kappa shape index (κ2) is 3.00. The molecular formula is C10H20N2. The molecule has 1 saturated carbocycles. The fourth-order valence-corrected chi connectivity index (χ4v) is 2.46. The number of likely N-dealkylation sites (tertiary alicyclic amines) is 1. The van der Waals surface area contributed by atoms with E-state index in [0.717, 1.165) is 12.5 Å². The maximum Gasteiger partial charge on any atom is 0.0286 e. The zero-order valence-corrected chi connectivity index (χ0v) is 8.05. The first-order valence-electron chi connectivity index (χ1n) is 5.15. The molecule has 70 valence electrons. The highest BCUT2D eigenvalue weighted by molar-refractivity contribution is 4.95. The molecule has 0 aromatic rings. The first-order valence-corrected chi connectivity index (χ1v) is 5.15. The van der Waals surface area contributed by atoms with Crippen LogP contribution in [0.2, 0.25) is 0 Å². The van der Waals surface area contributed by atoms with Crippen molar-refractivity contribution >= 4 is 0 Å². The van der Waals surface area contributed by atoms with Gasteiger partial charge in [0.05, 0.1) is 0 Å². The quantitative estimate of drug-likeness (QED) is 0.671. The Hall–Kier alpha value is -0.0800. The molecule has 0 aromatic carbocycles. The second-order valence-corrected chi connectivity index (χ2v) is 4.85. The molecule has 12 heavy (non-hydrogen) atoms. The summed E-state index contributed by atoms with van der Waals surface area (Å²) in [6.07, 6.45) is 6.68. The maximum absolute atomic E-state index is 6.35. The predicted octanol–water partition coefficient (Wildman–Crippen LogP) is 1.21. The lowest BCUT2D eigenvalue weighted by Crippen LogP contribution is -2.53. The van der Waals surface area contributed by atoms with Gasteiger partial charge in [0.1, 0.15) is 0 Å². The van der Waals surface area contributed by atoms with Gasteiger partial charge in [0.15, 0.2) is 0 Å². The van der Waals surface area contributed by atoms with E-state index >= 15 is 0 Å². The number of hydrogen-bond acceptors (Lipinski definition) is 2. The van der Waals surface area contributed by atoms with Crippen LogP contribution in [-0.2, 0) is 0 Å². The van der Waals surface area contributed by atoms with Crippen LogP contribution in [0.4, 0.5) is 0 Å². The summed E-state index contributed by atoms with van der Waals surface area (Å²) in [5.74, 6) is 0.974.